The molecule has 0 aliphatic heterocycles. The number of rotatable bonds is 6. The van der Waals surface area contributed by atoms with Crippen molar-refractivity contribution >= 4 is 17.7 Å². The third-order valence-corrected chi connectivity index (χ3v) is 8.83. The number of carboxylic acid groups (broad SMARTS) is 1. The molecule has 0 aromatic rings. The molecule has 0 spiro atoms. The highest BCUT2D eigenvalue weighted by Gasteiger charge is 2.60. The van der Waals surface area contributed by atoms with E-state index in [0.717, 1.165) is 45.2 Å². The van der Waals surface area contributed by atoms with E-state index in [4.69, 9.17) is 0 Å². The molecule has 0 unspecified atom stereocenters. The van der Waals surface area contributed by atoms with Gasteiger partial charge in [0.05, 0.1) is 0 Å². The third-order valence-electron chi connectivity index (χ3n) is 8.83. The summed E-state index contributed by atoms with van der Waals surface area (Å²) in [7, 11) is 0. The smallest absolute Gasteiger partial charge is 0.303 e. The van der Waals surface area contributed by atoms with Gasteiger partial charge in [-0.2, -0.15) is 0 Å². The Kier molecular flexibility index (Phi) is 5.94. The summed E-state index contributed by atoms with van der Waals surface area (Å²) in [4.78, 5) is 39.2. The number of carbonyl (C=O) groups excluding carboxylic acids is 2. The topological polar surface area (TPSA) is 74.7 Å². The van der Waals surface area contributed by atoms with Gasteiger partial charge in [-0.3, -0.25) is 14.4 Å². The monoisotopic (exact) mass is 391 g/mol. The summed E-state index contributed by atoms with van der Waals surface area (Å²) in [6, 6.07) is 0. The minimum Gasteiger partial charge on any atom is -0.481 e. The van der Waals surface area contributed by atoms with Crippen molar-refractivity contribution in [2.75, 3.05) is 13.1 Å². The lowest BCUT2D eigenvalue weighted by atomic mass is 9.48. The van der Waals surface area contributed by atoms with Crippen LogP contribution in [0.1, 0.15) is 79.1 Å². The number of hydrogen-bond donors (Lipinski definition) is 1. The molecule has 3 aliphatic carbocycles. The van der Waals surface area contributed by atoms with Gasteiger partial charge in [-0.05, 0) is 75.5 Å². The summed E-state index contributed by atoms with van der Waals surface area (Å²) in [5.74, 6) is 1.05. The van der Waals surface area contributed by atoms with E-state index in [0.29, 0.717) is 30.6 Å². The van der Waals surface area contributed by atoms with Crippen LogP contribution in [0.4, 0.5) is 0 Å². The average Bonchev–Trinajstić information content (AvgIpc) is 3.01. The van der Waals surface area contributed by atoms with Gasteiger partial charge >= 0.3 is 5.97 Å². The normalized spacial score (nSPS) is 39.9. The third kappa shape index (κ3) is 3.29. The first kappa shape index (κ1) is 21.3. The fourth-order valence-electron chi connectivity index (χ4n) is 7.12. The molecule has 5 nitrogen and oxygen atoms in total. The molecule has 0 saturated heterocycles. The number of carboxylic acids is 1. The Morgan fingerprint density at radius 3 is 2.36 bits per heavy atom. The molecule has 0 aromatic heterocycles. The van der Waals surface area contributed by atoms with Crippen LogP contribution in [0.15, 0.2) is 0 Å². The molecule has 1 N–H and O–H groups in total. The first-order valence-electron chi connectivity index (χ1n) is 11.2. The maximum Gasteiger partial charge on any atom is 0.303 e. The number of ketones is 1. The molecule has 0 aromatic carbocycles. The van der Waals surface area contributed by atoms with Crippen LogP contribution < -0.4 is 0 Å². The van der Waals surface area contributed by atoms with Crippen molar-refractivity contribution < 1.29 is 19.5 Å². The molecule has 5 heteroatoms. The Hall–Kier alpha value is -1.39. The second-order valence-electron chi connectivity index (χ2n) is 9.83. The van der Waals surface area contributed by atoms with Crippen LogP contribution in [0.25, 0.3) is 0 Å². The Morgan fingerprint density at radius 1 is 1.07 bits per heavy atom. The van der Waals surface area contributed by atoms with Gasteiger partial charge in [0.1, 0.15) is 5.78 Å². The van der Waals surface area contributed by atoms with Gasteiger partial charge in [0, 0.05) is 37.3 Å². The molecule has 0 heterocycles. The summed E-state index contributed by atoms with van der Waals surface area (Å²) in [6.07, 6.45) is 5.95. The van der Waals surface area contributed by atoms with Gasteiger partial charge in [0.2, 0.25) is 5.91 Å². The summed E-state index contributed by atoms with van der Waals surface area (Å²) < 4.78 is 0. The fourth-order valence-corrected chi connectivity index (χ4v) is 7.12. The number of hydrogen-bond acceptors (Lipinski definition) is 3. The predicted molar refractivity (Wildman–Crippen MR) is 108 cm³/mol. The molecule has 0 radical (unpaired) electrons. The zero-order valence-corrected chi connectivity index (χ0v) is 18.0. The van der Waals surface area contributed by atoms with E-state index in [1.165, 1.54) is 0 Å². The molecule has 3 aliphatic rings. The van der Waals surface area contributed by atoms with Crippen molar-refractivity contribution in [2.24, 2.45) is 34.5 Å². The molecule has 0 bridgehead atoms. The van der Waals surface area contributed by atoms with E-state index >= 15 is 0 Å². The Bertz CT molecular complexity index is 643. The maximum absolute atomic E-state index is 13.2. The summed E-state index contributed by atoms with van der Waals surface area (Å²) in [6.45, 7) is 9.96. The Balaban J connectivity index is 1.84. The number of Topliss-reactive ketones (excluding diaryl/α,β-unsaturated/α-hetero) is 1. The minimum atomic E-state index is -0.817. The van der Waals surface area contributed by atoms with Crippen LogP contribution in [0.3, 0.4) is 0 Å². The van der Waals surface area contributed by atoms with Gasteiger partial charge in [-0.1, -0.05) is 13.8 Å². The van der Waals surface area contributed by atoms with Crippen molar-refractivity contribution in [3.63, 3.8) is 0 Å². The highest BCUT2D eigenvalue weighted by Crippen LogP contribution is 2.64. The van der Waals surface area contributed by atoms with Crippen LogP contribution in [-0.4, -0.2) is 40.8 Å². The van der Waals surface area contributed by atoms with E-state index in [1.807, 2.05) is 25.7 Å². The van der Waals surface area contributed by atoms with Crippen molar-refractivity contribution in [3.8, 4) is 0 Å². The first-order chi connectivity index (χ1) is 13.2. The number of amides is 1. The van der Waals surface area contributed by atoms with Crippen LogP contribution in [0.5, 0.6) is 0 Å². The molecule has 28 heavy (non-hydrogen) atoms. The molecule has 3 saturated carbocycles. The summed E-state index contributed by atoms with van der Waals surface area (Å²) in [5.41, 5.74) is -0.488. The van der Waals surface area contributed by atoms with Crippen LogP contribution >= 0.6 is 0 Å². The van der Waals surface area contributed by atoms with E-state index in [9.17, 15) is 19.5 Å². The lowest BCUT2D eigenvalue weighted by molar-refractivity contribution is -0.152. The quantitative estimate of drug-likeness (QED) is 0.738. The molecular weight excluding hydrogens is 354 g/mol. The number of aliphatic carboxylic acids is 1. The average molecular weight is 392 g/mol. The summed E-state index contributed by atoms with van der Waals surface area (Å²) >= 11 is 0. The van der Waals surface area contributed by atoms with Crippen molar-refractivity contribution in [1.82, 2.24) is 4.90 Å². The SMILES string of the molecule is CCN(CC)C(=O)[C@H]1CC[C@H]2[C@@H]3CCC(=O)[C@](C)(CCC(=O)O)[C@H]3CC[C@]12C. The first-order valence-corrected chi connectivity index (χ1v) is 11.2. The van der Waals surface area contributed by atoms with Crippen molar-refractivity contribution in [3.05, 3.63) is 0 Å². The molecule has 3 fully saturated rings. The lowest BCUT2D eigenvalue weighted by Gasteiger charge is -2.55. The molecule has 6 atom stereocenters. The Labute approximate surface area is 169 Å². The summed E-state index contributed by atoms with van der Waals surface area (Å²) in [5, 5.41) is 9.17. The number of nitrogens with zero attached hydrogens (tertiary/aromatic N) is 1. The van der Waals surface area contributed by atoms with Crippen molar-refractivity contribution in [2.45, 2.75) is 79.1 Å². The second-order valence-corrected chi connectivity index (χ2v) is 9.83. The number of carbonyl (C=O) groups is 3. The minimum absolute atomic E-state index is 0.0228. The second kappa shape index (κ2) is 7.79. The largest absolute Gasteiger partial charge is 0.481 e. The van der Waals surface area contributed by atoms with E-state index < -0.39 is 11.4 Å². The number of fused-ring (bicyclic) bond motifs is 3. The van der Waals surface area contributed by atoms with Crippen molar-refractivity contribution in [1.29, 1.82) is 0 Å². The van der Waals surface area contributed by atoms with Gasteiger partial charge in [0.25, 0.3) is 0 Å². The Morgan fingerprint density at radius 2 is 1.75 bits per heavy atom. The van der Waals surface area contributed by atoms with Crippen LogP contribution in [0, 0.1) is 34.5 Å². The highest BCUT2D eigenvalue weighted by atomic mass is 16.4. The van der Waals surface area contributed by atoms with Crippen LogP contribution in [0.2, 0.25) is 0 Å². The highest BCUT2D eigenvalue weighted by molar-refractivity contribution is 5.86. The van der Waals surface area contributed by atoms with Gasteiger partial charge in [-0.15, -0.1) is 0 Å². The maximum atomic E-state index is 13.2. The van der Waals surface area contributed by atoms with Gasteiger partial charge < -0.3 is 10.0 Å². The van der Waals surface area contributed by atoms with E-state index in [2.05, 4.69) is 6.92 Å². The van der Waals surface area contributed by atoms with Gasteiger partial charge in [0.15, 0.2) is 0 Å². The molecular formula is C23H37NO4. The lowest BCUT2D eigenvalue weighted by Crippen LogP contribution is -2.53. The standard InChI is InChI=1S/C23H37NO4/c1-5-24(6-2)21(28)18-9-8-16-15-7-10-19(25)23(4,14-12-20(26)27)17(15)11-13-22(16,18)3/h15-18H,5-14H2,1-4H3,(H,26,27)/t15-,16-,17-,18+,22-,23+/m0/s1. The zero-order valence-electron chi connectivity index (χ0n) is 18.0. The predicted octanol–water partition coefficient (Wildman–Crippen LogP) is 4.15. The van der Waals surface area contributed by atoms with Gasteiger partial charge in [-0.25, -0.2) is 0 Å². The van der Waals surface area contributed by atoms with E-state index in [-0.39, 0.29) is 29.5 Å². The molecule has 1 amide bonds. The molecule has 3 rings (SSSR count). The molecule has 158 valence electrons. The van der Waals surface area contributed by atoms with E-state index in [1.54, 1.807) is 0 Å². The zero-order chi connectivity index (χ0) is 20.7. The van der Waals surface area contributed by atoms with Crippen LogP contribution in [-0.2, 0) is 14.4 Å². The fraction of sp³-hybridized carbons (Fsp3) is 0.870.